The fraction of sp³-hybridized carbons (Fsp3) is 0.833. The molecule has 0 aliphatic rings. The Morgan fingerprint density at radius 1 is 1.70 bits per heavy atom. The van der Waals surface area contributed by atoms with Crippen molar-refractivity contribution in [1.29, 1.82) is 0 Å². The smallest absolute Gasteiger partial charge is 0.149 e. The van der Waals surface area contributed by atoms with Crippen LogP contribution in [-0.2, 0) is 0 Å². The Hall–Kier alpha value is -0.380. The van der Waals surface area contributed by atoms with Gasteiger partial charge in [-0.3, -0.25) is 0 Å². The highest BCUT2D eigenvalue weighted by atomic mass is 32.2. The number of hydrogen-bond donors (Lipinski definition) is 2. The predicted molar refractivity (Wildman–Crippen MR) is 45.6 cm³/mol. The van der Waals surface area contributed by atoms with E-state index in [2.05, 4.69) is 12.1 Å². The van der Waals surface area contributed by atoms with Crippen LogP contribution >= 0.6 is 11.8 Å². The minimum absolute atomic E-state index is 0.307. The average molecular weight is 162 g/mol. The Morgan fingerprint density at radius 2 is 2.40 bits per heavy atom. The van der Waals surface area contributed by atoms with Crippen molar-refractivity contribution in [2.24, 2.45) is 10.9 Å². The molecule has 0 rings (SSSR count). The van der Waals surface area contributed by atoms with Crippen molar-refractivity contribution in [2.75, 3.05) is 11.5 Å². The van der Waals surface area contributed by atoms with Gasteiger partial charge in [0.15, 0.2) is 0 Å². The Kier molecular flexibility index (Phi) is 6.48. The van der Waals surface area contributed by atoms with Gasteiger partial charge in [0.2, 0.25) is 0 Å². The van der Waals surface area contributed by atoms with Crippen LogP contribution in [0.2, 0.25) is 0 Å². The van der Waals surface area contributed by atoms with Crippen LogP contribution < -0.4 is 5.73 Å². The third-order valence-corrected chi connectivity index (χ3v) is 2.10. The number of oxime groups is 1. The number of nitrogens with zero attached hydrogens (tertiary/aromatic N) is 1. The molecule has 0 aromatic carbocycles. The van der Waals surface area contributed by atoms with E-state index >= 15 is 0 Å². The van der Waals surface area contributed by atoms with Crippen molar-refractivity contribution in [3.8, 4) is 0 Å². The topological polar surface area (TPSA) is 58.6 Å². The van der Waals surface area contributed by atoms with Crippen molar-refractivity contribution in [2.45, 2.75) is 19.8 Å². The molecule has 3 N–H and O–H groups in total. The standard InChI is InChI=1S/C6H14N2OS/c1-2-3-4-10-5-6(7)8-9/h9H,2-5H2,1H3,(H2,7,8). The summed E-state index contributed by atoms with van der Waals surface area (Å²) in [4.78, 5) is 0. The highest BCUT2D eigenvalue weighted by Gasteiger charge is 1.91. The molecule has 0 aromatic heterocycles. The molecule has 0 saturated carbocycles. The van der Waals surface area contributed by atoms with E-state index in [0.717, 1.165) is 5.75 Å². The van der Waals surface area contributed by atoms with Gasteiger partial charge in [-0.2, -0.15) is 11.8 Å². The first-order chi connectivity index (χ1) is 4.81. The SMILES string of the molecule is CCCCSC/C(N)=N/O. The van der Waals surface area contributed by atoms with Gasteiger partial charge in [-0.15, -0.1) is 0 Å². The molecule has 0 heterocycles. The summed E-state index contributed by atoms with van der Waals surface area (Å²) in [7, 11) is 0. The van der Waals surface area contributed by atoms with E-state index in [1.807, 2.05) is 0 Å². The van der Waals surface area contributed by atoms with Crippen molar-refractivity contribution >= 4 is 17.6 Å². The van der Waals surface area contributed by atoms with Gasteiger partial charge in [-0.1, -0.05) is 18.5 Å². The van der Waals surface area contributed by atoms with Crippen LogP contribution in [0.15, 0.2) is 5.16 Å². The summed E-state index contributed by atoms with van der Waals surface area (Å²) < 4.78 is 0. The molecule has 0 atom stereocenters. The molecule has 4 heteroatoms. The predicted octanol–water partition coefficient (Wildman–Crippen LogP) is 1.27. The molecule has 60 valence electrons. The molecule has 0 radical (unpaired) electrons. The van der Waals surface area contributed by atoms with Gasteiger partial charge in [-0.05, 0) is 12.2 Å². The molecule has 0 aromatic rings. The Balaban J connectivity index is 3.04. The second-order valence-electron chi connectivity index (χ2n) is 2.00. The van der Waals surface area contributed by atoms with Gasteiger partial charge >= 0.3 is 0 Å². The second kappa shape index (κ2) is 6.74. The Bertz CT molecular complexity index is 106. The van der Waals surface area contributed by atoms with Crippen molar-refractivity contribution < 1.29 is 5.21 Å². The zero-order valence-corrected chi connectivity index (χ0v) is 7.02. The van der Waals surface area contributed by atoms with E-state index in [0.29, 0.717) is 11.6 Å². The van der Waals surface area contributed by atoms with Gasteiger partial charge in [0, 0.05) is 0 Å². The van der Waals surface area contributed by atoms with Crippen molar-refractivity contribution in [3.63, 3.8) is 0 Å². The maximum absolute atomic E-state index is 8.14. The lowest BCUT2D eigenvalue weighted by molar-refractivity contribution is 0.318. The molecule has 0 unspecified atom stereocenters. The van der Waals surface area contributed by atoms with Crippen LogP contribution in [0.25, 0.3) is 0 Å². The number of rotatable bonds is 5. The molecule has 10 heavy (non-hydrogen) atoms. The van der Waals surface area contributed by atoms with E-state index in [9.17, 15) is 0 Å². The number of thioether (sulfide) groups is 1. The lowest BCUT2D eigenvalue weighted by Crippen LogP contribution is -2.14. The number of hydrogen-bond acceptors (Lipinski definition) is 3. The van der Waals surface area contributed by atoms with Crippen LogP contribution in [-0.4, -0.2) is 22.5 Å². The summed E-state index contributed by atoms with van der Waals surface area (Å²) in [6.45, 7) is 2.14. The number of unbranched alkanes of at least 4 members (excludes halogenated alkanes) is 1. The highest BCUT2D eigenvalue weighted by molar-refractivity contribution is 7.99. The molecular formula is C6H14N2OS. The third-order valence-electron chi connectivity index (χ3n) is 1.02. The zero-order chi connectivity index (χ0) is 7.82. The quantitative estimate of drug-likeness (QED) is 0.210. The largest absolute Gasteiger partial charge is 0.409 e. The normalized spacial score (nSPS) is 11.9. The zero-order valence-electron chi connectivity index (χ0n) is 6.21. The molecule has 0 aliphatic carbocycles. The van der Waals surface area contributed by atoms with Gasteiger partial charge in [0.05, 0.1) is 5.75 Å². The number of nitrogens with two attached hydrogens (primary N) is 1. The molecule has 0 bridgehead atoms. The van der Waals surface area contributed by atoms with Crippen LogP contribution in [0.1, 0.15) is 19.8 Å². The summed E-state index contributed by atoms with van der Waals surface area (Å²) in [5.74, 6) is 2.03. The monoisotopic (exact) mass is 162 g/mol. The fourth-order valence-corrected chi connectivity index (χ4v) is 1.36. The van der Waals surface area contributed by atoms with Crippen LogP contribution in [0.3, 0.4) is 0 Å². The molecule has 3 nitrogen and oxygen atoms in total. The van der Waals surface area contributed by atoms with Gasteiger partial charge < -0.3 is 10.9 Å². The van der Waals surface area contributed by atoms with Crippen LogP contribution in [0.5, 0.6) is 0 Å². The Morgan fingerprint density at radius 3 is 2.90 bits per heavy atom. The third kappa shape index (κ3) is 5.75. The summed E-state index contributed by atoms with van der Waals surface area (Å²) in [5.41, 5.74) is 5.23. The van der Waals surface area contributed by atoms with Gasteiger partial charge in [0.25, 0.3) is 0 Å². The van der Waals surface area contributed by atoms with Gasteiger partial charge in [0.1, 0.15) is 5.84 Å². The maximum Gasteiger partial charge on any atom is 0.149 e. The van der Waals surface area contributed by atoms with Crippen LogP contribution in [0, 0.1) is 0 Å². The Labute approximate surface area is 65.7 Å². The summed E-state index contributed by atoms with van der Waals surface area (Å²) in [6, 6.07) is 0. The minimum Gasteiger partial charge on any atom is -0.409 e. The first kappa shape index (κ1) is 9.62. The summed E-state index contributed by atoms with van der Waals surface area (Å²) >= 11 is 1.69. The van der Waals surface area contributed by atoms with Crippen molar-refractivity contribution in [1.82, 2.24) is 0 Å². The molecule has 0 saturated heterocycles. The molecule has 0 aliphatic heterocycles. The highest BCUT2D eigenvalue weighted by Crippen LogP contribution is 2.02. The van der Waals surface area contributed by atoms with E-state index in [4.69, 9.17) is 10.9 Å². The van der Waals surface area contributed by atoms with E-state index in [1.54, 1.807) is 11.8 Å². The first-order valence-electron chi connectivity index (χ1n) is 3.35. The van der Waals surface area contributed by atoms with Gasteiger partial charge in [-0.25, -0.2) is 0 Å². The summed E-state index contributed by atoms with van der Waals surface area (Å²) in [5, 5.41) is 11.0. The second-order valence-corrected chi connectivity index (χ2v) is 3.10. The average Bonchev–Trinajstić information content (AvgIpc) is 1.98. The maximum atomic E-state index is 8.14. The summed E-state index contributed by atoms with van der Waals surface area (Å²) in [6.07, 6.45) is 2.40. The molecule has 0 amide bonds. The lowest BCUT2D eigenvalue weighted by Gasteiger charge is -1.96. The van der Waals surface area contributed by atoms with Crippen LogP contribution in [0.4, 0.5) is 0 Å². The fourth-order valence-electron chi connectivity index (χ4n) is 0.452. The minimum atomic E-state index is 0.307. The van der Waals surface area contributed by atoms with E-state index in [1.165, 1.54) is 12.8 Å². The molecule has 0 spiro atoms. The first-order valence-corrected chi connectivity index (χ1v) is 4.50. The lowest BCUT2D eigenvalue weighted by atomic mass is 10.4. The number of amidine groups is 1. The van der Waals surface area contributed by atoms with Crippen molar-refractivity contribution in [3.05, 3.63) is 0 Å². The molecular weight excluding hydrogens is 148 g/mol. The van der Waals surface area contributed by atoms with E-state index < -0.39 is 0 Å². The molecule has 0 fully saturated rings. The van der Waals surface area contributed by atoms with E-state index in [-0.39, 0.29) is 0 Å².